The molecule has 104 valence electrons. The van der Waals surface area contributed by atoms with Crippen LogP contribution >= 0.6 is 0 Å². The van der Waals surface area contributed by atoms with E-state index in [1.54, 1.807) is 25.1 Å². The number of nitrogens with one attached hydrogen (secondary N) is 1. The molecule has 1 aromatic rings. The lowest BCUT2D eigenvalue weighted by atomic mass is 10.2. The van der Waals surface area contributed by atoms with Gasteiger partial charge in [0.2, 0.25) is 5.91 Å². The van der Waals surface area contributed by atoms with Gasteiger partial charge in [-0.15, -0.1) is 0 Å². The summed E-state index contributed by atoms with van der Waals surface area (Å²) in [6, 6.07) is 7.79. The molecular formula is C12H16N2O4S. The normalized spacial score (nSPS) is 9.79. The fourth-order valence-electron chi connectivity index (χ4n) is 0.973. The van der Waals surface area contributed by atoms with Gasteiger partial charge in [0.05, 0.1) is 11.0 Å². The van der Waals surface area contributed by atoms with Gasteiger partial charge in [-0.25, -0.2) is 0 Å². The average molecular weight is 284 g/mol. The Morgan fingerprint density at radius 3 is 2.26 bits per heavy atom. The van der Waals surface area contributed by atoms with Gasteiger partial charge in [-0.05, 0) is 19.1 Å². The summed E-state index contributed by atoms with van der Waals surface area (Å²) in [5.41, 5.74) is 0.956. The number of carbonyl (C=O) groups is 1. The first-order chi connectivity index (χ1) is 8.81. The van der Waals surface area contributed by atoms with E-state index in [0.29, 0.717) is 6.42 Å². The van der Waals surface area contributed by atoms with Crippen molar-refractivity contribution in [2.75, 3.05) is 6.54 Å². The Balaban J connectivity index is 0.000000362. The summed E-state index contributed by atoms with van der Waals surface area (Å²) in [5, 5.41) is 10.3. The minimum atomic E-state index is -4.02. The molecule has 0 saturated carbocycles. The number of rotatable bonds is 3. The molecule has 0 aromatic heterocycles. The van der Waals surface area contributed by atoms with Crippen LogP contribution in [-0.2, 0) is 14.9 Å². The topological polar surface area (TPSA) is 107 Å². The molecule has 19 heavy (non-hydrogen) atoms. The SMILES string of the molecule is CCC(=O)NCC#N.Cc1ccc(S(=O)(=O)O)cc1. The van der Waals surface area contributed by atoms with Crippen LogP contribution in [0.3, 0.4) is 0 Å². The van der Waals surface area contributed by atoms with Gasteiger partial charge >= 0.3 is 0 Å². The van der Waals surface area contributed by atoms with E-state index in [4.69, 9.17) is 9.81 Å². The molecule has 6 nitrogen and oxygen atoms in total. The zero-order valence-corrected chi connectivity index (χ0v) is 11.6. The Kier molecular flexibility index (Phi) is 7.41. The van der Waals surface area contributed by atoms with Crippen LogP contribution in [0.2, 0.25) is 0 Å². The predicted molar refractivity (Wildman–Crippen MR) is 69.9 cm³/mol. The van der Waals surface area contributed by atoms with Crippen LogP contribution in [0.5, 0.6) is 0 Å². The van der Waals surface area contributed by atoms with Gasteiger partial charge in [-0.2, -0.15) is 13.7 Å². The second-order valence-electron chi connectivity index (χ2n) is 3.58. The van der Waals surface area contributed by atoms with Crippen LogP contribution in [0.1, 0.15) is 18.9 Å². The van der Waals surface area contributed by atoms with E-state index in [0.717, 1.165) is 5.56 Å². The third kappa shape index (κ3) is 7.91. The number of aryl methyl sites for hydroxylation is 1. The lowest BCUT2D eigenvalue weighted by molar-refractivity contribution is -0.120. The highest BCUT2D eigenvalue weighted by molar-refractivity contribution is 7.85. The highest BCUT2D eigenvalue weighted by Gasteiger charge is 2.06. The van der Waals surface area contributed by atoms with Crippen LogP contribution in [0.25, 0.3) is 0 Å². The smallest absolute Gasteiger partial charge is 0.294 e. The monoisotopic (exact) mass is 284 g/mol. The quantitative estimate of drug-likeness (QED) is 0.642. The molecular weight excluding hydrogens is 268 g/mol. The molecule has 0 unspecified atom stereocenters. The summed E-state index contributed by atoms with van der Waals surface area (Å²) in [7, 11) is -4.02. The van der Waals surface area contributed by atoms with E-state index in [1.165, 1.54) is 12.1 Å². The molecule has 1 rings (SSSR count). The van der Waals surface area contributed by atoms with E-state index in [-0.39, 0.29) is 17.3 Å². The van der Waals surface area contributed by atoms with Crippen molar-refractivity contribution in [3.05, 3.63) is 29.8 Å². The van der Waals surface area contributed by atoms with Gasteiger partial charge in [0.1, 0.15) is 6.54 Å². The number of amides is 1. The highest BCUT2D eigenvalue weighted by Crippen LogP contribution is 2.08. The van der Waals surface area contributed by atoms with Crippen LogP contribution in [0.15, 0.2) is 29.2 Å². The fourth-order valence-corrected chi connectivity index (χ4v) is 1.45. The maximum absolute atomic E-state index is 10.5. The van der Waals surface area contributed by atoms with E-state index >= 15 is 0 Å². The van der Waals surface area contributed by atoms with Gasteiger partial charge < -0.3 is 5.32 Å². The first-order valence-corrected chi connectivity index (χ1v) is 6.93. The lowest BCUT2D eigenvalue weighted by Gasteiger charge is -1.95. The van der Waals surface area contributed by atoms with E-state index < -0.39 is 10.1 Å². The number of hydrogen-bond acceptors (Lipinski definition) is 4. The third-order valence-electron chi connectivity index (χ3n) is 2.00. The molecule has 0 aliphatic carbocycles. The molecule has 0 bridgehead atoms. The van der Waals surface area contributed by atoms with Crippen molar-refractivity contribution in [1.82, 2.24) is 5.32 Å². The maximum atomic E-state index is 10.5. The lowest BCUT2D eigenvalue weighted by Crippen LogP contribution is -2.21. The summed E-state index contributed by atoms with van der Waals surface area (Å²) in [6.45, 7) is 3.70. The molecule has 0 saturated heterocycles. The van der Waals surface area contributed by atoms with Crippen LogP contribution in [-0.4, -0.2) is 25.4 Å². The summed E-state index contributed by atoms with van der Waals surface area (Å²) < 4.78 is 29.6. The molecule has 2 N–H and O–H groups in total. The molecule has 1 aromatic carbocycles. The van der Waals surface area contributed by atoms with Crippen molar-refractivity contribution in [1.29, 1.82) is 5.26 Å². The Bertz CT molecular complexity index is 544. The minimum Gasteiger partial charge on any atom is -0.343 e. The van der Waals surface area contributed by atoms with Crippen LogP contribution < -0.4 is 5.32 Å². The van der Waals surface area contributed by atoms with Gasteiger partial charge in [0.25, 0.3) is 10.1 Å². The highest BCUT2D eigenvalue weighted by atomic mass is 32.2. The fraction of sp³-hybridized carbons (Fsp3) is 0.333. The van der Waals surface area contributed by atoms with Crippen molar-refractivity contribution < 1.29 is 17.8 Å². The van der Waals surface area contributed by atoms with Crippen molar-refractivity contribution in [2.24, 2.45) is 0 Å². The number of carbonyl (C=O) groups excluding carboxylic acids is 1. The summed E-state index contributed by atoms with van der Waals surface area (Å²) in [4.78, 5) is 10.2. The molecule has 0 aliphatic rings. The number of benzene rings is 1. The molecule has 0 fully saturated rings. The number of hydrogen-bond donors (Lipinski definition) is 2. The molecule has 0 spiro atoms. The average Bonchev–Trinajstić information content (AvgIpc) is 2.36. The van der Waals surface area contributed by atoms with E-state index in [9.17, 15) is 13.2 Å². The van der Waals surface area contributed by atoms with Crippen LogP contribution in [0, 0.1) is 18.3 Å². The summed E-state index contributed by atoms with van der Waals surface area (Å²) in [5.74, 6) is -0.0773. The minimum absolute atomic E-state index is 0.0666. The number of nitriles is 1. The second-order valence-corrected chi connectivity index (χ2v) is 5.00. The molecule has 0 radical (unpaired) electrons. The predicted octanol–water partition coefficient (Wildman–Crippen LogP) is 1.28. The first kappa shape index (κ1) is 17.1. The molecule has 0 aliphatic heterocycles. The maximum Gasteiger partial charge on any atom is 0.294 e. The second kappa shape index (κ2) is 8.24. The summed E-state index contributed by atoms with van der Waals surface area (Å²) in [6.07, 6.45) is 0.446. The van der Waals surface area contributed by atoms with Gasteiger partial charge in [-0.3, -0.25) is 9.35 Å². The molecule has 0 atom stereocenters. The largest absolute Gasteiger partial charge is 0.343 e. The zero-order chi connectivity index (χ0) is 14.9. The van der Waals surface area contributed by atoms with Crippen molar-refractivity contribution >= 4 is 16.0 Å². The van der Waals surface area contributed by atoms with Crippen LogP contribution in [0.4, 0.5) is 0 Å². The Morgan fingerprint density at radius 1 is 1.37 bits per heavy atom. The third-order valence-corrected chi connectivity index (χ3v) is 2.87. The first-order valence-electron chi connectivity index (χ1n) is 5.49. The molecule has 7 heteroatoms. The van der Waals surface area contributed by atoms with E-state index in [2.05, 4.69) is 5.32 Å². The number of nitrogens with zero attached hydrogens (tertiary/aromatic N) is 1. The molecule has 0 heterocycles. The van der Waals surface area contributed by atoms with Gasteiger partial charge in [0, 0.05) is 6.42 Å². The standard InChI is InChI=1S/C7H8O3S.C5H8N2O/c1-6-2-4-7(5-3-6)11(8,9)10;1-2-5(8)7-4-3-6/h2-5H,1H3,(H,8,9,10);2,4H2,1H3,(H,7,8). The zero-order valence-electron chi connectivity index (χ0n) is 10.8. The van der Waals surface area contributed by atoms with Gasteiger partial charge in [0.15, 0.2) is 0 Å². The summed E-state index contributed by atoms with van der Waals surface area (Å²) >= 11 is 0. The molecule has 1 amide bonds. The van der Waals surface area contributed by atoms with Crippen molar-refractivity contribution in [3.8, 4) is 6.07 Å². The Hall–Kier alpha value is -1.91. The Morgan fingerprint density at radius 2 is 1.89 bits per heavy atom. The van der Waals surface area contributed by atoms with Gasteiger partial charge in [-0.1, -0.05) is 24.6 Å². The van der Waals surface area contributed by atoms with E-state index in [1.807, 2.05) is 6.92 Å². The van der Waals surface area contributed by atoms with Crippen molar-refractivity contribution in [3.63, 3.8) is 0 Å². The van der Waals surface area contributed by atoms with Crippen molar-refractivity contribution in [2.45, 2.75) is 25.2 Å². The Labute approximate surface area is 112 Å².